The molecule has 0 saturated carbocycles. The molecule has 1 aliphatic heterocycles. The molecule has 0 aliphatic carbocycles. The molecule has 0 spiro atoms. The smallest absolute Gasteiger partial charge is 0.329 e. The number of aromatic amines is 1. The number of nitrogens with zero attached hydrogens (tertiary/aromatic N) is 2. The second kappa shape index (κ2) is 4.98. The molecule has 100 valence electrons. The van der Waals surface area contributed by atoms with E-state index >= 15 is 0 Å². The number of ether oxygens (including phenoxy) is 1. The summed E-state index contributed by atoms with van der Waals surface area (Å²) in [7, 11) is 0. The average molecular weight is 260 g/mol. The standard InChI is InChI=1S/C9H14N4O5/c10-8-11-3-13(9(17)12-8)1-4-6(15)7(16)5(2-14)18-4/h3-7,14-16H,1-2H2,(H2,10,12,17)/t4-,5+,6+,7?/m0/s1/i3D,5D. The first-order chi connectivity index (χ1) is 9.28. The summed E-state index contributed by atoms with van der Waals surface area (Å²) < 4.78 is 21.0. The molecule has 0 bridgehead atoms. The Morgan fingerprint density at radius 3 is 2.94 bits per heavy atom. The Kier molecular flexibility index (Phi) is 2.87. The van der Waals surface area contributed by atoms with Crippen molar-refractivity contribution in [3.63, 3.8) is 0 Å². The van der Waals surface area contributed by atoms with Crippen LogP contribution in [0.5, 0.6) is 0 Å². The number of aliphatic hydroxyl groups is 3. The molecule has 1 aromatic rings. The molecular weight excluding hydrogens is 244 g/mol. The highest BCUT2D eigenvalue weighted by Gasteiger charge is 2.42. The Bertz CT molecular complexity index is 619. The van der Waals surface area contributed by atoms with Gasteiger partial charge in [-0.25, -0.2) is 9.78 Å². The third-order valence-electron chi connectivity index (χ3n) is 2.61. The van der Waals surface area contributed by atoms with Crippen LogP contribution in [0.4, 0.5) is 0 Å². The van der Waals surface area contributed by atoms with Crippen molar-refractivity contribution >= 4 is 0 Å². The van der Waals surface area contributed by atoms with Gasteiger partial charge in [-0.15, -0.1) is 0 Å². The molecule has 2 rings (SSSR count). The average Bonchev–Trinajstić information content (AvgIpc) is 2.59. The number of nitrogens with one attached hydrogen (secondary N) is 2. The van der Waals surface area contributed by atoms with E-state index in [1.165, 1.54) is 0 Å². The summed E-state index contributed by atoms with van der Waals surface area (Å²) in [5, 5.41) is 35.6. The van der Waals surface area contributed by atoms with Crippen LogP contribution >= 0.6 is 0 Å². The molecule has 18 heavy (non-hydrogen) atoms. The molecule has 1 saturated heterocycles. The van der Waals surface area contributed by atoms with Crippen LogP contribution in [0.25, 0.3) is 0 Å². The summed E-state index contributed by atoms with van der Waals surface area (Å²) in [6.07, 6.45) is -6.90. The molecule has 5 N–H and O–H groups in total. The quantitative estimate of drug-likeness (QED) is 0.382. The minimum Gasteiger partial charge on any atom is -0.394 e. The Balaban J connectivity index is 2.28. The largest absolute Gasteiger partial charge is 0.394 e. The summed E-state index contributed by atoms with van der Waals surface area (Å²) in [6, 6.07) is 0. The minimum absolute atomic E-state index is 0.347. The molecule has 4 atom stereocenters. The summed E-state index contributed by atoms with van der Waals surface area (Å²) in [6.45, 7) is -1.18. The van der Waals surface area contributed by atoms with Crippen LogP contribution in [-0.4, -0.2) is 60.9 Å². The van der Waals surface area contributed by atoms with E-state index in [9.17, 15) is 15.0 Å². The highest BCUT2D eigenvalue weighted by atomic mass is 16.6. The third-order valence-corrected chi connectivity index (χ3v) is 2.61. The third kappa shape index (κ3) is 2.34. The van der Waals surface area contributed by atoms with Crippen molar-refractivity contribution in [3.05, 3.63) is 22.4 Å². The maximum absolute atomic E-state index is 11.6. The van der Waals surface area contributed by atoms with E-state index in [4.69, 9.17) is 18.0 Å². The van der Waals surface area contributed by atoms with Gasteiger partial charge in [-0.1, -0.05) is 0 Å². The second-order valence-electron chi connectivity index (χ2n) is 3.82. The Morgan fingerprint density at radius 2 is 2.39 bits per heavy atom. The van der Waals surface area contributed by atoms with E-state index in [1.54, 1.807) is 0 Å². The fourth-order valence-corrected chi connectivity index (χ4v) is 1.66. The molecule has 1 unspecified atom stereocenters. The number of hydrogen-bond acceptors (Lipinski definition) is 7. The van der Waals surface area contributed by atoms with Crippen LogP contribution < -0.4 is 11.3 Å². The van der Waals surface area contributed by atoms with E-state index in [0.717, 1.165) is 4.57 Å². The minimum atomic E-state index is -2.08. The van der Waals surface area contributed by atoms with Crippen molar-refractivity contribution in [3.8, 4) is 0 Å². The summed E-state index contributed by atoms with van der Waals surface area (Å²) in [5.41, 5.74) is -1.28. The van der Waals surface area contributed by atoms with E-state index in [2.05, 4.69) is 9.97 Å². The SMILES string of the molecule is [2H]c1nc(=N)[nH]c(=O)n1C[C@@H]1O[C@]([2H])(CO)C(O)[C@@H]1O. The highest BCUT2D eigenvalue weighted by molar-refractivity contribution is 4.90. The van der Waals surface area contributed by atoms with Gasteiger partial charge in [-0.3, -0.25) is 15.0 Å². The Labute approximate surface area is 104 Å². The van der Waals surface area contributed by atoms with Gasteiger partial charge in [0, 0.05) is 0 Å². The van der Waals surface area contributed by atoms with Crippen LogP contribution in [0.2, 0.25) is 0 Å². The lowest BCUT2D eigenvalue weighted by atomic mass is 10.1. The highest BCUT2D eigenvalue weighted by Crippen LogP contribution is 2.21. The monoisotopic (exact) mass is 260 g/mol. The zero-order valence-corrected chi connectivity index (χ0v) is 9.20. The topological polar surface area (TPSA) is 144 Å². The molecule has 0 amide bonds. The molecule has 2 heterocycles. The van der Waals surface area contributed by atoms with E-state index < -0.39 is 48.6 Å². The zero-order chi connectivity index (χ0) is 15.1. The van der Waals surface area contributed by atoms with Crippen molar-refractivity contribution in [1.29, 1.82) is 5.41 Å². The lowest BCUT2D eigenvalue weighted by molar-refractivity contribution is -0.0270. The van der Waals surface area contributed by atoms with Gasteiger partial charge in [0.2, 0.25) is 5.62 Å². The maximum atomic E-state index is 11.6. The molecule has 1 aromatic heterocycles. The Morgan fingerprint density at radius 1 is 1.67 bits per heavy atom. The summed E-state index contributed by atoms with van der Waals surface area (Å²) >= 11 is 0. The Hall–Kier alpha value is -1.55. The van der Waals surface area contributed by atoms with Crippen molar-refractivity contribution in [2.24, 2.45) is 0 Å². The van der Waals surface area contributed by atoms with Gasteiger partial charge < -0.3 is 20.1 Å². The van der Waals surface area contributed by atoms with Crippen molar-refractivity contribution in [2.45, 2.75) is 30.9 Å². The van der Waals surface area contributed by atoms with Crippen LogP contribution in [0.1, 0.15) is 2.74 Å². The molecule has 0 aromatic carbocycles. The molecule has 0 radical (unpaired) electrons. The van der Waals surface area contributed by atoms with Gasteiger partial charge in [0.05, 0.1) is 14.5 Å². The van der Waals surface area contributed by atoms with Gasteiger partial charge in [-0.05, 0) is 0 Å². The molecular formula is C9H14N4O5. The van der Waals surface area contributed by atoms with Gasteiger partial charge in [-0.2, -0.15) is 0 Å². The van der Waals surface area contributed by atoms with E-state index in [1.807, 2.05) is 0 Å². The first-order valence-electron chi connectivity index (χ1n) is 6.15. The first kappa shape index (κ1) is 10.4. The van der Waals surface area contributed by atoms with Crippen LogP contribution in [-0.2, 0) is 11.3 Å². The summed E-state index contributed by atoms with van der Waals surface area (Å²) in [4.78, 5) is 17.1. The lowest BCUT2D eigenvalue weighted by Gasteiger charge is -2.15. The van der Waals surface area contributed by atoms with Crippen LogP contribution in [0, 0.1) is 5.41 Å². The van der Waals surface area contributed by atoms with E-state index in [-0.39, 0.29) is 6.54 Å². The number of H-pyrrole nitrogens is 1. The molecule has 1 aliphatic rings. The lowest BCUT2D eigenvalue weighted by Crippen LogP contribution is -2.39. The fourth-order valence-electron chi connectivity index (χ4n) is 1.66. The molecule has 9 nitrogen and oxygen atoms in total. The van der Waals surface area contributed by atoms with Gasteiger partial charge in [0.25, 0.3) is 0 Å². The maximum Gasteiger partial charge on any atom is 0.329 e. The fraction of sp³-hybridized carbons (Fsp3) is 0.667. The van der Waals surface area contributed by atoms with Gasteiger partial charge in [0.15, 0.2) is 0 Å². The zero-order valence-electron chi connectivity index (χ0n) is 11.2. The number of hydrogen-bond donors (Lipinski definition) is 5. The summed E-state index contributed by atoms with van der Waals surface area (Å²) in [5.74, 6) is 0. The number of aliphatic hydroxyl groups excluding tert-OH is 3. The van der Waals surface area contributed by atoms with E-state index in [0.29, 0.717) is 0 Å². The van der Waals surface area contributed by atoms with Gasteiger partial charge in [0.1, 0.15) is 32.1 Å². The van der Waals surface area contributed by atoms with Gasteiger partial charge >= 0.3 is 5.69 Å². The van der Waals surface area contributed by atoms with Crippen molar-refractivity contribution < 1.29 is 22.8 Å². The second-order valence-corrected chi connectivity index (χ2v) is 3.82. The van der Waals surface area contributed by atoms with Crippen molar-refractivity contribution in [2.75, 3.05) is 6.61 Å². The number of rotatable bonds is 3. The number of aromatic nitrogens is 3. The normalized spacial score (nSPS) is 37.4. The first-order valence-corrected chi connectivity index (χ1v) is 5.15. The van der Waals surface area contributed by atoms with Crippen LogP contribution in [0.15, 0.2) is 11.1 Å². The molecule has 9 heteroatoms. The molecule has 1 fully saturated rings. The van der Waals surface area contributed by atoms with Crippen molar-refractivity contribution in [1.82, 2.24) is 14.5 Å². The predicted molar refractivity (Wildman–Crippen MR) is 56.5 cm³/mol. The van der Waals surface area contributed by atoms with Crippen LogP contribution in [0.3, 0.4) is 0 Å². The predicted octanol–water partition coefficient (Wildman–Crippen LogP) is -3.47.